The summed E-state index contributed by atoms with van der Waals surface area (Å²) in [5.41, 5.74) is 2.39. The Morgan fingerprint density at radius 1 is 1.09 bits per heavy atom. The Kier molecular flexibility index (Phi) is 5.77. The second-order valence-corrected chi connectivity index (χ2v) is 5.64. The molecule has 0 unspecified atom stereocenters. The molecular formula is C18H19ClN2O2. The highest BCUT2D eigenvalue weighted by Gasteiger charge is 2.15. The predicted molar refractivity (Wildman–Crippen MR) is 93.9 cm³/mol. The predicted octanol–water partition coefficient (Wildman–Crippen LogP) is 4.03. The summed E-state index contributed by atoms with van der Waals surface area (Å²) < 4.78 is 0. The number of rotatable bonds is 5. The van der Waals surface area contributed by atoms with Gasteiger partial charge in [0.2, 0.25) is 11.8 Å². The van der Waals surface area contributed by atoms with Crippen LogP contribution in [0.2, 0.25) is 5.02 Å². The third-order valence-electron chi connectivity index (χ3n) is 3.50. The van der Waals surface area contributed by atoms with Crippen molar-refractivity contribution in [1.29, 1.82) is 0 Å². The van der Waals surface area contributed by atoms with Gasteiger partial charge in [0.05, 0.1) is 10.7 Å². The Balaban J connectivity index is 2.02. The van der Waals surface area contributed by atoms with E-state index in [9.17, 15) is 9.59 Å². The lowest BCUT2D eigenvalue weighted by Crippen LogP contribution is -2.32. The normalized spacial score (nSPS) is 10.2. The number of carbonyl (C=O) groups excluding carboxylic acids is 2. The monoisotopic (exact) mass is 330 g/mol. The van der Waals surface area contributed by atoms with E-state index in [1.165, 1.54) is 6.92 Å². The van der Waals surface area contributed by atoms with Gasteiger partial charge in [-0.05, 0) is 30.7 Å². The number of hydrogen-bond donors (Lipinski definition) is 1. The maximum atomic E-state index is 12.1. The fourth-order valence-corrected chi connectivity index (χ4v) is 2.49. The Morgan fingerprint density at radius 2 is 1.74 bits per heavy atom. The first-order valence-corrected chi connectivity index (χ1v) is 7.75. The molecule has 0 aliphatic rings. The summed E-state index contributed by atoms with van der Waals surface area (Å²) in [5, 5.41) is 3.25. The van der Waals surface area contributed by atoms with Gasteiger partial charge in [0.15, 0.2) is 0 Å². The quantitative estimate of drug-likeness (QED) is 0.899. The van der Waals surface area contributed by atoms with Crippen LogP contribution in [-0.4, -0.2) is 18.4 Å². The molecule has 4 nitrogen and oxygen atoms in total. The first-order valence-electron chi connectivity index (χ1n) is 7.37. The fraction of sp³-hybridized carbons (Fsp3) is 0.222. The number of aryl methyl sites for hydroxylation is 1. The first-order chi connectivity index (χ1) is 11.0. The van der Waals surface area contributed by atoms with Crippen molar-refractivity contribution in [1.82, 2.24) is 0 Å². The zero-order valence-corrected chi connectivity index (χ0v) is 13.9. The summed E-state index contributed by atoms with van der Waals surface area (Å²) >= 11 is 6.02. The summed E-state index contributed by atoms with van der Waals surface area (Å²) in [6, 6.07) is 14.7. The zero-order chi connectivity index (χ0) is 16.8. The lowest BCUT2D eigenvalue weighted by molar-refractivity contribution is -0.117. The van der Waals surface area contributed by atoms with Gasteiger partial charge in [0, 0.05) is 25.6 Å². The molecule has 0 saturated carbocycles. The molecule has 0 bridgehead atoms. The van der Waals surface area contributed by atoms with Gasteiger partial charge in [-0.2, -0.15) is 0 Å². The van der Waals surface area contributed by atoms with E-state index >= 15 is 0 Å². The Morgan fingerprint density at radius 3 is 2.39 bits per heavy atom. The molecule has 0 aliphatic carbocycles. The smallest absolute Gasteiger partial charge is 0.226 e. The molecule has 0 aliphatic heterocycles. The van der Waals surface area contributed by atoms with Gasteiger partial charge in [-0.25, -0.2) is 0 Å². The van der Waals surface area contributed by atoms with Crippen molar-refractivity contribution < 1.29 is 9.59 Å². The van der Waals surface area contributed by atoms with Gasteiger partial charge >= 0.3 is 0 Å². The molecule has 5 heteroatoms. The molecule has 0 aromatic heterocycles. The number of amides is 2. The summed E-state index contributed by atoms with van der Waals surface area (Å²) in [6.07, 6.45) is 0.194. The topological polar surface area (TPSA) is 49.4 Å². The van der Waals surface area contributed by atoms with Crippen molar-refractivity contribution in [2.45, 2.75) is 20.3 Å². The van der Waals surface area contributed by atoms with Gasteiger partial charge in [0.25, 0.3) is 0 Å². The van der Waals surface area contributed by atoms with Gasteiger partial charge in [-0.3, -0.25) is 9.59 Å². The van der Waals surface area contributed by atoms with Gasteiger partial charge < -0.3 is 10.2 Å². The number of para-hydroxylation sites is 2. The van der Waals surface area contributed by atoms with Crippen molar-refractivity contribution in [2.75, 3.05) is 16.8 Å². The molecule has 0 fully saturated rings. The SMILES string of the molecule is CC(=O)N(CCC(=O)Nc1ccccc1Cl)c1ccccc1C. The second kappa shape index (κ2) is 7.79. The van der Waals surface area contributed by atoms with Gasteiger partial charge in [-0.15, -0.1) is 0 Å². The van der Waals surface area contributed by atoms with Crippen LogP contribution in [0.3, 0.4) is 0 Å². The van der Waals surface area contributed by atoms with Gasteiger partial charge in [0.1, 0.15) is 0 Å². The molecule has 2 aromatic carbocycles. The molecule has 2 aromatic rings. The van der Waals surface area contributed by atoms with Crippen LogP contribution in [0, 0.1) is 6.92 Å². The van der Waals surface area contributed by atoms with E-state index in [0.29, 0.717) is 17.3 Å². The summed E-state index contributed by atoms with van der Waals surface area (Å²) in [4.78, 5) is 25.6. The molecule has 0 spiro atoms. The highest BCUT2D eigenvalue weighted by molar-refractivity contribution is 6.33. The maximum Gasteiger partial charge on any atom is 0.226 e. The Labute approximate surface area is 141 Å². The minimum atomic E-state index is -0.182. The van der Waals surface area contributed by atoms with E-state index < -0.39 is 0 Å². The largest absolute Gasteiger partial charge is 0.325 e. The molecule has 2 rings (SSSR count). The Hall–Kier alpha value is -2.33. The van der Waals surface area contributed by atoms with Crippen molar-refractivity contribution in [3.8, 4) is 0 Å². The summed E-state index contributed by atoms with van der Waals surface area (Å²) in [5.74, 6) is -0.275. The fourth-order valence-electron chi connectivity index (χ4n) is 2.30. The van der Waals surface area contributed by atoms with E-state index in [0.717, 1.165) is 11.3 Å². The molecule has 0 heterocycles. The molecule has 0 atom stereocenters. The average Bonchev–Trinajstić information content (AvgIpc) is 2.51. The van der Waals surface area contributed by atoms with E-state index in [1.807, 2.05) is 31.2 Å². The second-order valence-electron chi connectivity index (χ2n) is 5.24. The van der Waals surface area contributed by atoms with Crippen LogP contribution in [0.4, 0.5) is 11.4 Å². The summed E-state index contributed by atoms with van der Waals surface area (Å²) in [6.45, 7) is 3.75. The zero-order valence-electron chi connectivity index (χ0n) is 13.2. The van der Waals surface area contributed by atoms with Crippen LogP contribution in [-0.2, 0) is 9.59 Å². The lowest BCUT2D eigenvalue weighted by atomic mass is 10.1. The van der Waals surface area contributed by atoms with Crippen LogP contribution in [0.15, 0.2) is 48.5 Å². The number of hydrogen-bond acceptors (Lipinski definition) is 2. The molecule has 0 radical (unpaired) electrons. The highest BCUT2D eigenvalue weighted by Crippen LogP contribution is 2.22. The molecule has 1 N–H and O–H groups in total. The number of anilines is 2. The minimum absolute atomic E-state index is 0.0927. The number of carbonyl (C=O) groups is 2. The molecule has 2 amide bonds. The van der Waals surface area contributed by atoms with Crippen molar-refractivity contribution in [3.05, 3.63) is 59.1 Å². The van der Waals surface area contributed by atoms with Crippen LogP contribution in [0.25, 0.3) is 0 Å². The van der Waals surface area contributed by atoms with Crippen LogP contribution >= 0.6 is 11.6 Å². The molecular weight excluding hydrogens is 312 g/mol. The molecule has 120 valence electrons. The van der Waals surface area contributed by atoms with Crippen LogP contribution < -0.4 is 10.2 Å². The molecule has 0 saturated heterocycles. The van der Waals surface area contributed by atoms with Crippen LogP contribution in [0.1, 0.15) is 18.9 Å². The van der Waals surface area contributed by atoms with Crippen molar-refractivity contribution in [2.24, 2.45) is 0 Å². The number of halogens is 1. The standard InChI is InChI=1S/C18H19ClN2O2/c1-13-7-3-6-10-17(13)21(14(2)22)12-11-18(23)20-16-9-5-4-8-15(16)19/h3-10H,11-12H2,1-2H3,(H,20,23). The number of benzene rings is 2. The minimum Gasteiger partial charge on any atom is -0.325 e. The lowest BCUT2D eigenvalue weighted by Gasteiger charge is -2.22. The van der Waals surface area contributed by atoms with Gasteiger partial charge in [-0.1, -0.05) is 41.9 Å². The third-order valence-corrected chi connectivity index (χ3v) is 3.83. The van der Waals surface area contributed by atoms with Crippen LogP contribution in [0.5, 0.6) is 0 Å². The summed E-state index contributed by atoms with van der Waals surface area (Å²) in [7, 11) is 0. The average molecular weight is 331 g/mol. The van der Waals surface area contributed by atoms with Crippen molar-refractivity contribution in [3.63, 3.8) is 0 Å². The Bertz CT molecular complexity index is 716. The third kappa shape index (κ3) is 4.57. The van der Waals surface area contributed by atoms with Crippen molar-refractivity contribution >= 4 is 34.8 Å². The van der Waals surface area contributed by atoms with E-state index in [1.54, 1.807) is 29.2 Å². The maximum absolute atomic E-state index is 12.1. The van der Waals surface area contributed by atoms with E-state index in [-0.39, 0.29) is 18.2 Å². The number of nitrogens with zero attached hydrogens (tertiary/aromatic N) is 1. The highest BCUT2D eigenvalue weighted by atomic mass is 35.5. The van der Waals surface area contributed by atoms with E-state index in [4.69, 9.17) is 11.6 Å². The van der Waals surface area contributed by atoms with E-state index in [2.05, 4.69) is 5.32 Å². The first kappa shape index (κ1) is 17.0. The number of nitrogens with one attached hydrogen (secondary N) is 1. The molecule has 23 heavy (non-hydrogen) atoms.